The summed E-state index contributed by atoms with van der Waals surface area (Å²) < 4.78 is 17.3. The van der Waals surface area contributed by atoms with Crippen molar-refractivity contribution in [2.75, 3.05) is 31.3 Å². The second-order valence-corrected chi connectivity index (χ2v) is 10.5. The van der Waals surface area contributed by atoms with E-state index in [4.69, 9.17) is 31.4 Å². The van der Waals surface area contributed by atoms with Gasteiger partial charge in [0.05, 0.1) is 30.0 Å². The van der Waals surface area contributed by atoms with E-state index in [2.05, 4.69) is 34.6 Å². The molecule has 1 N–H and O–H groups in total. The number of amides is 1. The molecule has 2 saturated heterocycles. The molecule has 6 rings (SSSR count). The van der Waals surface area contributed by atoms with Gasteiger partial charge in [-0.2, -0.15) is 0 Å². The first-order chi connectivity index (χ1) is 20.2. The number of aromatic nitrogens is 2. The topological polar surface area (TPSA) is 85.8 Å². The maximum atomic E-state index is 12.6. The van der Waals surface area contributed by atoms with Crippen LogP contribution in [0.5, 0.6) is 5.75 Å². The molecule has 2 aliphatic heterocycles. The number of carbonyl (C=O) groups is 1. The summed E-state index contributed by atoms with van der Waals surface area (Å²) in [6.07, 6.45) is 8.59. The van der Waals surface area contributed by atoms with Gasteiger partial charge in [0.25, 0.3) is 5.91 Å². The Morgan fingerprint density at radius 3 is 2.46 bits per heavy atom. The lowest BCUT2D eigenvalue weighted by Gasteiger charge is -2.22. The molecule has 2 aromatic heterocycles. The van der Waals surface area contributed by atoms with Crippen LogP contribution in [0.3, 0.4) is 0 Å². The van der Waals surface area contributed by atoms with Crippen molar-refractivity contribution in [3.05, 3.63) is 73.1 Å². The smallest absolute Gasteiger partial charge is 0.252 e. The molecule has 41 heavy (non-hydrogen) atoms. The molecule has 0 bridgehead atoms. The third-order valence-electron chi connectivity index (χ3n) is 7.29. The molecule has 4 aromatic rings. The lowest BCUT2D eigenvalue weighted by molar-refractivity contribution is -0.162. The van der Waals surface area contributed by atoms with E-state index in [-0.39, 0.29) is 18.7 Å². The van der Waals surface area contributed by atoms with E-state index in [1.54, 1.807) is 12.4 Å². The van der Waals surface area contributed by atoms with Crippen LogP contribution >= 0.6 is 12.2 Å². The fraction of sp³-hybridized carbons (Fsp3) is 0.312. The number of fused-ring (bicyclic) bond motifs is 1. The number of ether oxygens (including phenoxy) is 3. The summed E-state index contributed by atoms with van der Waals surface area (Å²) >= 11 is 5.40. The fourth-order valence-corrected chi connectivity index (χ4v) is 5.35. The summed E-state index contributed by atoms with van der Waals surface area (Å²) in [4.78, 5) is 23.2. The molecule has 0 radical (unpaired) electrons. The molecule has 2 aromatic carbocycles. The van der Waals surface area contributed by atoms with Crippen LogP contribution in [0.1, 0.15) is 32.1 Å². The maximum Gasteiger partial charge on any atom is 0.252 e. The molecule has 2 fully saturated rings. The van der Waals surface area contributed by atoms with Crippen molar-refractivity contribution in [1.82, 2.24) is 15.3 Å². The zero-order chi connectivity index (χ0) is 28.0. The molecule has 4 heterocycles. The number of pyridine rings is 2. The summed E-state index contributed by atoms with van der Waals surface area (Å²) in [5.41, 5.74) is 5.32. The highest BCUT2D eigenvalue weighted by molar-refractivity contribution is 7.80. The van der Waals surface area contributed by atoms with Crippen molar-refractivity contribution >= 4 is 39.8 Å². The van der Waals surface area contributed by atoms with Gasteiger partial charge in [-0.05, 0) is 79.7 Å². The number of unbranched alkanes of at least 4 members (excludes halogenated alkanes) is 1. The van der Waals surface area contributed by atoms with Gasteiger partial charge in [0, 0.05) is 36.6 Å². The van der Waals surface area contributed by atoms with Gasteiger partial charge < -0.3 is 19.5 Å². The lowest BCUT2D eigenvalue weighted by Crippen LogP contribution is -2.30. The van der Waals surface area contributed by atoms with Crippen LogP contribution in [0.25, 0.3) is 33.3 Å². The molecule has 2 aliphatic rings. The third kappa shape index (κ3) is 6.37. The Balaban J connectivity index is 1.09. The quantitative estimate of drug-likeness (QED) is 0.187. The molecule has 1 unspecified atom stereocenters. The fourth-order valence-electron chi connectivity index (χ4n) is 5.08. The number of rotatable bonds is 10. The zero-order valence-corrected chi connectivity index (χ0v) is 23.6. The molecule has 0 aliphatic carbocycles. The van der Waals surface area contributed by atoms with E-state index in [0.29, 0.717) is 24.0 Å². The number of hydrogen-bond donors (Lipinski definition) is 1. The van der Waals surface area contributed by atoms with Crippen LogP contribution in [0, 0.1) is 0 Å². The van der Waals surface area contributed by atoms with Crippen LogP contribution in [-0.4, -0.2) is 53.6 Å². The molecule has 0 saturated carbocycles. The normalized spacial score (nSPS) is 17.2. The minimum atomic E-state index is -0.0983. The summed E-state index contributed by atoms with van der Waals surface area (Å²) in [5.74, 6) is 0.756. The Hall–Kier alpha value is -3.92. The highest BCUT2D eigenvalue weighted by Gasteiger charge is 2.29. The molecule has 1 amide bonds. The van der Waals surface area contributed by atoms with E-state index in [9.17, 15) is 4.79 Å². The van der Waals surface area contributed by atoms with Gasteiger partial charge in [-0.3, -0.25) is 14.7 Å². The number of benzene rings is 2. The first-order valence-electron chi connectivity index (χ1n) is 14.1. The standard InChI is InChI=1S/C32H32N4O4S/c37-30-21-34-32(41)36(30)29-19-28(35-27-14-15-33-20-26(27)29)24-8-6-22(7-9-24)23-10-12-25(13-11-23)38-16-3-4-18-40-31-5-1-2-17-39-31/h6-15,19-20,31H,1-5,16-18,21H2,(H,34,41). The van der Waals surface area contributed by atoms with Crippen LogP contribution in [0.15, 0.2) is 73.1 Å². The minimum Gasteiger partial charge on any atom is -0.494 e. The van der Waals surface area contributed by atoms with Crippen LogP contribution in [0.2, 0.25) is 0 Å². The molecular formula is C32H32N4O4S. The Labute approximate surface area is 244 Å². The Bertz CT molecular complexity index is 1510. The third-order valence-corrected chi connectivity index (χ3v) is 7.62. The van der Waals surface area contributed by atoms with Crippen molar-refractivity contribution in [2.45, 2.75) is 38.4 Å². The van der Waals surface area contributed by atoms with E-state index < -0.39 is 0 Å². The highest BCUT2D eigenvalue weighted by atomic mass is 32.1. The highest BCUT2D eigenvalue weighted by Crippen LogP contribution is 2.33. The number of nitrogens with one attached hydrogen (secondary N) is 1. The Morgan fingerprint density at radius 1 is 0.976 bits per heavy atom. The number of carbonyl (C=O) groups excluding carboxylic acids is 1. The largest absolute Gasteiger partial charge is 0.494 e. The van der Waals surface area contributed by atoms with E-state index >= 15 is 0 Å². The van der Waals surface area contributed by atoms with Gasteiger partial charge in [-0.15, -0.1) is 0 Å². The van der Waals surface area contributed by atoms with Crippen molar-refractivity contribution in [3.8, 4) is 28.1 Å². The van der Waals surface area contributed by atoms with Gasteiger partial charge in [0.15, 0.2) is 11.4 Å². The molecular weight excluding hydrogens is 536 g/mol. The van der Waals surface area contributed by atoms with Gasteiger partial charge in [-0.25, -0.2) is 4.98 Å². The predicted molar refractivity (Wildman–Crippen MR) is 163 cm³/mol. The summed E-state index contributed by atoms with van der Waals surface area (Å²) in [6, 6.07) is 20.1. The van der Waals surface area contributed by atoms with Gasteiger partial charge in [-0.1, -0.05) is 36.4 Å². The van der Waals surface area contributed by atoms with E-state index in [1.807, 2.05) is 36.4 Å². The first-order valence-corrected chi connectivity index (χ1v) is 14.5. The second-order valence-electron chi connectivity index (χ2n) is 10.1. The molecule has 9 heteroatoms. The zero-order valence-electron chi connectivity index (χ0n) is 22.8. The SMILES string of the molecule is O=C1CNC(=S)N1c1cc(-c2ccc(-c3ccc(OCCCCOC4CCCCO4)cc3)cc2)nc2ccncc12. The minimum absolute atomic E-state index is 0.0258. The second kappa shape index (κ2) is 12.7. The van der Waals surface area contributed by atoms with E-state index in [0.717, 1.165) is 71.3 Å². The molecule has 0 spiro atoms. The number of nitrogens with zero attached hydrogens (tertiary/aromatic N) is 3. The molecule has 1 atom stereocenters. The monoisotopic (exact) mass is 568 g/mol. The average Bonchev–Trinajstić information content (AvgIpc) is 3.36. The predicted octanol–water partition coefficient (Wildman–Crippen LogP) is 5.89. The van der Waals surface area contributed by atoms with Crippen molar-refractivity contribution in [2.24, 2.45) is 0 Å². The number of anilines is 1. The van der Waals surface area contributed by atoms with Gasteiger partial charge in [0.1, 0.15) is 5.75 Å². The Kier molecular flexibility index (Phi) is 8.46. The van der Waals surface area contributed by atoms with E-state index in [1.165, 1.54) is 11.3 Å². The first kappa shape index (κ1) is 27.3. The van der Waals surface area contributed by atoms with Crippen LogP contribution in [-0.2, 0) is 14.3 Å². The lowest BCUT2D eigenvalue weighted by atomic mass is 10.0. The molecule has 210 valence electrons. The van der Waals surface area contributed by atoms with Gasteiger partial charge >= 0.3 is 0 Å². The van der Waals surface area contributed by atoms with Crippen LogP contribution in [0.4, 0.5) is 5.69 Å². The summed E-state index contributed by atoms with van der Waals surface area (Å²) in [6.45, 7) is 2.35. The maximum absolute atomic E-state index is 12.6. The van der Waals surface area contributed by atoms with Crippen molar-refractivity contribution in [3.63, 3.8) is 0 Å². The van der Waals surface area contributed by atoms with Crippen molar-refractivity contribution < 1.29 is 19.0 Å². The van der Waals surface area contributed by atoms with Crippen molar-refractivity contribution in [1.29, 1.82) is 0 Å². The summed E-state index contributed by atoms with van der Waals surface area (Å²) in [5, 5.41) is 4.11. The number of thiocarbonyl (C=S) groups is 1. The Morgan fingerprint density at radius 2 is 1.73 bits per heavy atom. The number of hydrogen-bond acceptors (Lipinski definition) is 7. The summed E-state index contributed by atoms with van der Waals surface area (Å²) in [7, 11) is 0. The molecule has 8 nitrogen and oxygen atoms in total. The van der Waals surface area contributed by atoms with Gasteiger partial charge in [0.2, 0.25) is 0 Å². The average molecular weight is 569 g/mol. The van der Waals surface area contributed by atoms with Crippen LogP contribution < -0.4 is 15.0 Å².